The lowest BCUT2D eigenvalue weighted by Gasteiger charge is -2.17. The third-order valence-electron chi connectivity index (χ3n) is 3.83. The van der Waals surface area contributed by atoms with E-state index in [2.05, 4.69) is 10.3 Å². The maximum Gasteiger partial charge on any atom is 0.329 e. The molecule has 0 spiro atoms. The second-order valence-electron chi connectivity index (χ2n) is 5.16. The molecule has 1 atom stereocenters. The average molecular weight is 275 g/mol. The van der Waals surface area contributed by atoms with Gasteiger partial charge in [0.2, 0.25) is 0 Å². The molecule has 0 amide bonds. The number of aromatic amines is 1. The molecule has 1 aliphatic heterocycles. The van der Waals surface area contributed by atoms with Crippen molar-refractivity contribution >= 4 is 10.9 Å². The SMILES string of the molecule is O=c1[nH]c2c(O)cccc2c(=O)n1C1CCCCNC1. The minimum Gasteiger partial charge on any atom is -0.506 e. The Morgan fingerprint density at radius 1 is 1.25 bits per heavy atom. The molecule has 1 aromatic heterocycles. The number of phenolic OH excluding ortho intramolecular Hbond substituents is 1. The molecule has 0 saturated carbocycles. The van der Waals surface area contributed by atoms with E-state index >= 15 is 0 Å². The van der Waals surface area contributed by atoms with Crippen molar-refractivity contribution in [1.82, 2.24) is 14.9 Å². The smallest absolute Gasteiger partial charge is 0.329 e. The first-order chi connectivity index (χ1) is 9.68. The maximum absolute atomic E-state index is 12.5. The Morgan fingerprint density at radius 3 is 2.95 bits per heavy atom. The van der Waals surface area contributed by atoms with Gasteiger partial charge in [0.25, 0.3) is 5.56 Å². The van der Waals surface area contributed by atoms with Gasteiger partial charge in [-0.3, -0.25) is 9.36 Å². The largest absolute Gasteiger partial charge is 0.506 e. The van der Waals surface area contributed by atoms with Crippen molar-refractivity contribution in [2.24, 2.45) is 0 Å². The van der Waals surface area contributed by atoms with Gasteiger partial charge >= 0.3 is 5.69 Å². The van der Waals surface area contributed by atoms with E-state index in [0.29, 0.717) is 11.9 Å². The number of phenols is 1. The predicted molar refractivity (Wildman–Crippen MR) is 76.3 cm³/mol. The monoisotopic (exact) mass is 275 g/mol. The summed E-state index contributed by atoms with van der Waals surface area (Å²) in [5.41, 5.74) is -0.591. The first-order valence-electron chi connectivity index (χ1n) is 6.85. The quantitative estimate of drug-likeness (QED) is 0.715. The number of hydrogen-bond acceptors (Lipinski definition) is 4. The molecule has 1 saturated heterocycles. The lowest BCUT2D eigenvalue weighted by Crippen LogP contribution is -2.41. The van der Waals surface area contributed by atoms with E-state index in [-0.39, 0.29) is 22.9 Å². The van der Waals surface area contributed by atoms with Crippen LogP contribution in [0.25, 0.3) is 10.9 Å². The van der Waals surface area contributed by atoms with E-state index in [1.165, 1.54) is 10.6 Å². The third kappa shape index (κ3) is 2.12. The van der Waals surface area contributed by atoms with Crippen molar-refractivity contribution < 1.29 is 5.11 Å². The molecular weight excluding hydrogens is 258 g/mol. The highest BCUT2D eigenvalue weighted by atomic mass is 16.3. The molecule has 1 fully saturated rings. The van der Waals surface area contributed by atoms with Crippen LogP contribution in [0.15, 0.2) is 27.8 Å². The Kier molecular flexibility index (Phi) is 3.31. The molecule has 3 N–H and O–H groups in total. The van der Waals surface area contributed by atoms with Crippen molar-refractivity contribution in [3.8, 4) is 5.75 Å². The van der Waals surface area contributed by atoms with E-state index in [9.17, 15) is 14.7 Å². The second kappa shape index (κ2) is 5.13. The van der Waals surface area contributed by atoms with Crippen molar-refractivity contribution in [3.63, 3.8) is 0 Å². The summed E-state index contributed by atoms with van der Waals surface area (Å²) in [5, 5.41) is 13.3. The zero-order valence-corrected chi connectivity index (χ0v) is 11.1. The number of nitrogens with one attached hydrogen (secondary N) is 2. The summed E-state index contributed by atoms with van der Waals surface area (Å²) >= 11 is 0. The highest BCUT2D eigenvalue weighted by Gasteiger charge is 2.19. The molecule has 106 valence electrons. The van der Waals surface area contributed by atoms with Crippen molar-refractivity contribution in [3.05, 3.63) is 39.0 Å². The summed E-state index contributed by atoms with van der Waals surface area (Å²) in [6, 6.07) is 4.54. The fraction of sp³-hybridized carbons (Fsp3) is 0.429. The first kappa shape index (κ1) is 12.9. The van der Waals surface area contributed by atoms with E-state index in [0.717, 1.165) is 25.8 Å². The van der Waals surface area contributed by atoms with Crippen LogP contribution in [0.2, 0.25) is 0 Å². The van der Waals surface area contributed by atoms with Gasteiger partial charge in [-0.1, -0.05) is 12.5 Å². The first-order valence-corrected chi connectivity index (χ1v) is 6.85. The molecule has 1 unspecified atom stereocenters. The topological polar surface area (TPSA) is 87.1 Å². The van der Waals surface area contributed by atoms with Gasteiger partial charge in [0.1, 0.15) is 5.75 Å². The van der Waals surface area contributed by atoms with Crippen LogP contribution in [0, 0.1) is 0 Å². The van der Waals surface area contributed by atoms with Gasteiger partial charge in [-0.25, -0.2) is 4.79 Å². The van der Waals surface area contributed by atoms with Gasteiger partial charge in [0.15, 0.2) is 0 Å². The Balaban J connectivity index is 2.21. The number of aromatic hydroxyl groups is 1. The predicted octanol–water partition coefficient (Wildman–Crippen LogP) is 0.710. The van der Waals surface area contributed by atoms with E-state index in [1.54, 1.807) is 12.1 Å². The highest BCUT2D eigenvalue weighted by molar-refractivity contribution is 5.82. The van der Waals surface area contributed by atoms with Crippen LogP contribution in [0.1, 0.15) is 25.3 Å². The molecule has 0 aliphatic carbocycles. The number of rotatable bonds is 1. The van der Waals surface area contributed by atoms with Crippen LogP contribution in [0.4, 0.5) is 0 Å². The van der Waals surface area contributed by atoms with Crippen LogP contribution in [0.5, 0.6) is 5.75 Å². The molecule has 2 heterocycles. The van der Waals surface area contributed by atoms with Gasteiger partial charge in [-0.15, -0.1) is 0 Å². The van der Waals surface area contributed by atoms with Crippen molar-refractivity contribution in [1.29, 1.82) is 0 Å². The molecule has 1 aliphatic rings. The highest BCUT2D eigenvalue weighted by Crippen LogP contribution is 2.19. The minimum absolute atomic E-state index is 0.0807. The number of hydrogen-bond donors (Lipinski definition) is 3. The molecular formula is C14H17N3O3. The molecule has 20 heavy (non-hydrogen) atoms. The number of para-hydroxylation sites is 1. The standard InChI is InChI=1S/C14H17N3O3/c18-11-6-3-5-10-12(11)16-14(20)17(13(10)19)9-4-1-2-7-15-8-9/h3,5-6,9,15,18H,1-2,4,7-8H2,(H,16,20). The summed E-state index contributed by atoms with van der Waals surface area (Å²) in [5.74, 6) is -0.0807. The summed E-state index contributed by atoms with van der Waals surface area (Å²) in [6.45, 7) is 1.53. The van der Waals surface area contributed by atoms with E-state index < -0.39 is 5.69 Å². The van der Waals surface area contributed by atoms with Gasteiger partial charge in [0.05, 0.1) is 16.9 Å². The summed E-state index contributed by atoms with van der Waals surface area (Å²) in [7, 11) is 0. The Morgan fingerprint density at radius 2 is 2.10 bits per heavy atom. The normalized spacial score (nSPS) is 19.9. The van der Waals surface area contributed by atoms with Crippen molar-refractivity contribution in [2.75, 3.05) is 13.1 Å². The summed E-state index contributed by atoms with van der Waals surface area (Å²) < 4.78 is 1.28. The van der Waals surface area contributed by atoms with Gasteiger partial charge < -0.3 is 15.4 Å². The van der Waals surface area contributed by atoms with Crippen LogP contribution in [0.3, 0.4) is 0 Å². The zero-order valence-electron chi connectivity index (χ0n) is 11.1. The average Bonchev–Trinajstić information content (AvgIpc) is 2.69. The molecule has 2 aromatic rings. The van der Waals surface area contributed by atoms with Gasteiger partial charge in [-0.2, -0.15) is 0 Å². The van der Waals surface area contributed by atoms with Crippen LogP contribution in [-0.2, 0) is 0 Å². The maximum atomic E-state index is 12.5. The van der Waals surface area contributed by atoms with Crippen LogP contribution < -0.4 is 16.6 Å². The number of benzene rings is 1. The third-order valence-corrected chi connectivity index (χ3v) is 3.83. The lowest BCUT2D eigenvalue weighted by molar-refractivity contribution is 0.433. The summed E-state index contributed by atoms with van der Waals surface area (Å²) in [6.07, 6.45) is 2.85. The summed E-state index contributed by atoms with van der Waals surface area (Å²) in [4.78, 5) is 27.3. The molecule has 6 nitrogen and oxygen atoms in total. The number of H-pyrrole nitrogens is 1. The Hall–Kier alpha value is -2.08. The van der Waals surface area contributed by atoms with Crippen molar-refractivity contribution in [2.45, 2.75) is 25.3 Å². The zero-order chi connectivity index (χ0) is 14.1. The van der Waals surface area contributed by atoms with E-state index in [1.807, 2.05) is 0 Å². The fourth-order valence-electron chi connectivity index (χ4n) is 2.79. The number of fused-ring (bicyclic) bond motifs is 1. The van der Waals surface area contributed by atoms with Gasteiger partial charge in [0, 0.05) is 6.54 Å². The number of aromatic nitrogens is 2. The molecule has 3 rings (SSSR count). The molecule has 1 aromatic carbocycles. The van der Waals surface area contributed by atoms with Crippen LogP contribution >= 0.6 is 0 Å². The second-order valence-corrected chi connectivity index (χ2v) is 5.16. The molecule has 0 bridgehead atoms. The van der Waals surface area contributed by atoms with Crippen LogP contribution in [-0.4, -0.2) is 27.7 Å². The molecule has 6 heteroatoms. The molecule has 0 radical (unpaired) electrons. The fourth-order valence-corrected chi connectivity index (χ4v) is 2.79. The van der Waals surface area contributed by atoms with E-state index in [4.69, 9.17) is 0 Å². The minimum atomic E-state index is -0.460. The Labute approximate surface area is 115 Å². The Bertz CT molecular complexity index is 739. The number of nitrogens with zero attached hydrogens (tertiary/aromatic N) is 1. The van der Waals surface area contributed by atoms with Gasteiger partial charge in [-0.05, 0) is 31.5 Å². The lowest BCUT2D eigenvalue weighted by atomic mass is 10.1.